The number of nitrogens with zero attached hydrogens (tertiary/aromatic N) is 3. The number of fused-ring (bicyclic) bond motifs is 1. The van der Waals surface area contributed by atoms with Crippen molar-refractivity contribution in [2.24, 2.45) is 0 Å². The topological polar surface area (TPSA) is 113 Å². The van der Waals surface area contributed by atoms with E-state index in [-0.39, 0.29) is 16.5 Å². The van der Waals surface area contributed by atoms with E-state index in [1.807, 2.05) is 20.8 Å². The van der Waals surface area contributed by atoms with Gasteiger partial charge in [-0.2, -0.15) is 0 Å². The summed E-state index contributed by atoms with van der Waals surface area (Å²) in [6.07, 6.45) is 4.07. The number of nitrogens with one attached hydrogen (secondary N) is 1. The molecule has 8 nitrogen and oxygen atoms in total. The highest BCUT2D eigenvalue weighted by Gasteiger charge is 2.40. The maximum atomic E-state index is 12.3. The molecule has 0 saturated carbocycles. The first-order valence-electron chi connectivity index (χ1n) is 10.7. The van der Waals surface area contributed by atoms with E-state index < -0.39 is 16.2 Å². The minimum Gasteiger partial charge on any atom is -0.444 e. The lowest BCUT2D eigenvalue weighted by Crippen LogP contribution is -2.43. The molecule has 11 heteroatoms. The molecular weight excluding hydrogens is 472 g/mol. The number of carbonyl (C=O) groups excluding carboxylic acids is 1. The highest BCUT2D eigenvalue weighted by Crippen LogP contribution is 2.56. The number of ether oxygens (including phenoxy) is 1. The van der Waals surface area contributed by atoms with Crippen LogP contribution in [-0.2, 0) is 17.6 Å². The Kier molecular flexibility index (Phi) is 6.61. The van der Waals surface area contributed by atoms with Gasteiger partial charge < -0.3 is 15.0 Å². The monoisotopic (exact) mass is 502 g/mol. The van der Waals surface area contributed by atoms with E-state index in [1.54, 1.807) is 28.4 Å². The van der Waals surface area contributed by atoms with Gasteiger partial charge in [-0.05, 0) is 52.9 Å². The SMILES string of the molecule is CC(C)(C)OC(=O)N1CCC(S([OH2+])([OH2+])c2cc(Cl)nc(Nc3nc4c(s3)CCC4)c2)CC1. The molecular formula is C21H31ClN4O4S2+2. The van der Waals surface area contributed by atoms with Gasteiger partial charge in [-0.15, -0.1) is 11.3 Å². The number of carbonyl (C=O) groups is 1. The Morgan fingerprint density at radius 2 is 1.97 bits per heavy atom. The van der Waals surface area contributed by atoms with Crippen molar-refractivity contribution in [3.8, 4) is 0 Å². The molecule has 1 saturated heterocycles. The zero-order chi connectivity index (χ0) is 23.1. The number of amides is 1. The molecule has 1 fully saturated rings. The molecule has 0 radical (unpaired) electrons. The number of likely N-dealkylation sites (tertiary alicyclic amines) is 1. The van der Waals surface area contributed by atoms with Gasteiger partial charge in [0.05, 0.1) is 5.69 Å². The second-order valence-electron chi connectivity index (χ2n) is 9.20. The van der Waals surface area contributed by atoms with Gasteiger partial charge in [0.15, 0.2) is 10.0 Å². The molecule has 0 atom stereocenters. The maximum absolute atomic E-state index is 12.3. The fourth-order valence-electron chi connectivity index (χ4n) is 3.99. The van der Waals surface area contributed by atoms with Crippen molar-refractivity contribution in [1.82, 2.24) is 14.9 Å². The van der Waals surface area contributed by atoms with E-state index in [4.69, 9.17) is 25.4 Å². The Morgan fingerprint density at radius 3 is 2.62 bits per heavy atom. The summed E-state index contributed by atoms with van der Waals surface area (Å²) in [4.78, 5) is 24.9. The van der Waals surface area contributed by atoms with Crippen LogP contribution in [0.4, 0.5) is 15.7 Å². The van der Waals surface area contributed by atoms with Crippen LogP contribution in [0.1, 0.15) is 50.6 Å². The number of rotatable bonds is 4. The number of aromatic nitrogens is 2. The molecule has 176 valence electrons. The van der Waals surface area contributed by atoms with Gasteiger partial charge in [-0.1, -0.05) is 11.6 Å². The van der Waals surface area contributed by atoms with E-state index in [1.165, 1.54) is 4.88 Å². The molecule has 0 bridgehead atoms. The maximum Gasteiger partial charge on any atom is 0.410 e. The van der Waals surface area contributed by atoms with Crippen molar-refractivity contribution in [3.05, 3.63) is 27.9 Å². The van der Waals surface area contributed by atoms with Gasteiger partial charge in [-0.25, -0.2) is 14.8 Å². The van der Waals surface area contributed by atoms with E-state index in [0.29, 0.717) is 36.6 Å². The van der Waals surface area contributed by atoms with Crippen LogP contribution in [0.15, 0.2) is 17.0 Å². The standard InChI is InChI=1S/C21H29ClN4O4S2/c1-21(2,3)30-20(27)26-9-7-13(8-10-26)32(28,29)14-11-17(22)24-18(12-14)25-19-23-15-5-4-6-16(15)31-19/h11-13,28-29H,4-10H2,1-3H3,(H,23,24,25)/p+2. The third kappa shape index (κ3) is 5.31. The minimum absolute atomic E-state index is 0.156. The van der Waals surface area contributed by atoms with Crippen molar-refractivity contribution < 1.29 is 18.6 Å². The molecule has 5 N–H and O–H groups in total. The zero-order valence-electron chi connectivity index (χ0n) is 18.5. The van der Waals surface area contributed by atoms with Gasteiger partial charge >= 0.3 is 6.09 Å². The molecule has 0 spiro atoms. The van der Waals surface area contributed by atoms with E-state index in [9.17, 15) is 4.79 Å². The van der Waals surface area contributed by atoms with Gasteiger partial charge in [0.2, 0.25) is 0 Å². The Balaban J connectivity index is 1.45. The molecule has 1 aliphatic carbocycles. The van der Waals surface area contributed by atoms with Gasteiger partial charge in [0.1, 0.15) is 21.8 Å². The van der Waals surface area contributed by atoms with E-state index in [0.717, 1.165) is 30.1 Å². The number of aryl methyl sites for hydroxylation is 2. The summed E-state index contributed by atoms with van der Waals surface area (Å²) in [7, 11) is -2.64. The highest BCUT2D eigenvalue weighted by atomic mass is 35.5. The molecule has 0 aromatic carbocycles. The van der Waals surface area contributed by atoms with Crippen LogP contribution >= 0.6 is 33.5 Å². The number of hydrogen-bond acceptors (Lipinski definition) is 6. The summed E-state index contributed by atoms with van der Waals surface area (Å²) in [6.45, 7) is 6.51. The summed E-state index contributed by atoms with van der Waals surface area (Å²) < 4.78 is 23.3. The van der Waals surface area contributed by atoms with E-state index in [2.05, 4.69) is 15.3 Å². The average molecular weight is 503 g/mol. The predicted molar refractivity (Wildman–Crippen MR) is 131 cm³/mol. The number of thiazole rings is 1. The van der Waals surface area contributed by atoms with Crippen LogP contribution in [0, 0.1) is 0 Å². The average Bonchev–Trinajstić information content (AvgIpc) is 3.28. The molecule has 2 aliphatic rings. The van der Waals surface area contributed by atoms with Crippen molar-refractivity contribution in [2.45, 2.75) is 68.6 Å². The van der Waals surface area contributed by atoms with Crippen molar-refractivity contribution >= 4 is 50.6 Å². The van der Waals surface area contributed by atoms with Crippen LogP contribution in [0.3, 0.4) is 0 Å². The number of anilines is 2. The number of hydrogen-bond donors (Lipinski definition) is 1. The Labute approximate surface area is 198 Å². The van der Waals surface area contributed by atoms with Crippen molar-refractivity contribution in [3.63, 3.8) is 0 Å². The van der Waals surface area contributed by atoms with Crippen LogP contribution in [0.2, 0.25) is 5.15 Å². The summed E-state index contributed by atoms with van der Waals surface area (Å²) in [5.74, 6) is 0.516. The third-order valence-corrected chi connectivity index (χ3v) is 9.28. The quantitative estimate of drug-likeness (QED) is 0.495. The summed E-state index contributed by atoms with van der Waals surface area (Å²) in [5.41, 5.74) is 0.611. The van der Waals surface area contributed by atoms with Gasteiger partial charge in [0, 0.05) is 40.7 Å². The molecule has 3 heterocycles. The second-order valence-corrected chi connectivity index (χ2v) is 13.1. The first kappa shape index (κ1) is 23.6. The summed E-state index contributed by atoms with van der Waals surface area (Å²) in [6, 6.07) is 3.39. The first-order chi connectivity index (χ1) is 15.0. The summed E-state index contributed by atoms with van der Waals surface area (Å²) in [5, 5.41) is 4.10. The number of pyridine rings is 1. The molecule has 2 aromatic rings. The molecule has 1 aliphatic heterocycles. The normalized spacial score (nSPS) is 17.9. The fourth-order valence-corrected chi connectivity index (χ4v) is 7.22. The largest absolute Gasteiger partial charge is 0.444 e. The lowest BCUT2D eigenvalue weighted by molar-refractivity contribution is 0.0216. The fraction of sp³-hybridized carbons (Fsp3) is 0.571. The molecule has 32 heavy (non-hydrogen) atoms. The van der Waals surface area contributed by atoms with Crippen LogP contribution in [0.25, 0.3) is 0 Å². The lowest BCUT2D eigenvalue weighted by Gasteiger charge is -2.38. The molecule has 0 unspecified atom stereocenters. The summed E-state index contributed by atoms with van der Waals surface area (Å²) >= 11 is 7.90. The predicted octanol–water partition coefficient (Wildman–Crippen LogP) is 4.27. The van der Waals surface area contributed by atoms with Gasteiger partial charge in [-0.3, -0.25) is 9.11 Å². The van der Waals surface area contributed by atoms with Gasteiger partial charge in [0.25, 0.3) is 0 Å². The molecule has 2 aromatic heterocycles. The minimum atomic E-state index is -2.64. The first-order valence-corrected chi connectivity index (χ1v) is 13.6. The third-order valence-electron chi connectivity index (χ3n) is 5.56. The van der Waals surface area contributed by atoms with Crippen molar-refractivity contribution in [1.29, 1.82) is 0 Å². The second kappa shape index (κ2) is 8.98. The van der Waals surface area contributed by atoms with Crippen molar-refractivity contribution in [2.75, 3.05) is 18.4 Å². The molecule has 4 rings (SSSR count). The Bertz CT molecular complexity index is 979. The molecule has 1 amide bonds. The van der Waals surface area contributed by atoms with Crippen LogP contribution in [0.5, 0.6) is 0 Å². The Hall–Kier alpha value is -1.59. The number of piperidine rings is 1. The zero-order valence-corrected chi connectivity index (χ0v) is 20.9. The Morgan fingerprint density at radius 1 is 1.25 bits per heavy atom. The lowest BCUT2D eigenvalue weighted by atomic mass is 10.1. The van der Waals surface area contributed by atoms with E-state index >= 15 is 0 Å². The smallest absolute Gasteiger partial charge is 0.410 e. The van der Waals surface area contributed by atoms with Crippen LogP contribution in [-0.4, -0.2) is 54.0 Å². The van der Waals surface area contributed by atoms with Crippen LogP contribution < -0.4 is 5.32 Å². The number of halogens is 1. The highest BCUT2D eigenvalue weighted by molar-refractivity contribution is 8.24.